The number of likely N-dealkylation sites (N-methyl/N-ethyl adjacent to an activating group) is 1. The minimum Gasteiger partial charge on any atom is -0.319 e. The number of piperidine rings is 1. The molecule has 0 spiro atoms. The molecular formula is C12H27N5O2S. The molecule has 2 heterocycles. The van der Waals surface area contributed by atoms with Crippen LogP contribution in [0.15, 0.2) is 0 Å². The highest BCUT2D eigenvalue weighted by atomic mass is 32.2. The van der Waals surface area contributed by atoms with Crippen molar-refractivity contribution in [2.24, 2.45) is 5.92 Å². The highest BCUT2D eigenvalue weighted by Crippen LogP contribution is 2.18. The zero-order valence-electron chi connectivity index (χ0n) is 12.5. The van der Waals surface area contributed by atoms with Gasteiger partial charge in [-0.1, -0.05) is 0 Å². The minimum atomic E-state index is -3.37. The fraction of sp³-hybridized carbons (Fsp3) is 1.00. The monoisotopic (exact) mass is 305 g/mol. The predicted octanol–water partition coefficient (Wildman–Crippen LogP) is -1.09. The van der Waals surface area contributed by atoms with Crippen molar-refractivity contribution in [1.82, 2.24) is 24.4 Å². The van der Waals surface area contributed by atoms with Crippen LogP contribution in [0.1, 0.15) is 12.8 Å². The molecule has 8 heteroatoms. The van der Waals surface area contributed by atoms with Crippen molar-refractivity contribution < 1.29 is 8.42 Å². The van der Waals surface area contributed by atoms with E-state index >= 15 is 0 Å². The summed E-state index contributed by atoms with van der Waals surface area (Å²) in [7, 11) is 0.628. The molecule has 20 heavy (non-hydrogen) atoms. The fourth-order valence-corrected chi connectivity index (χ4v) is 4.08. The Morgan fingerprint density at radius 3 is 2.20 bits per heavy atom. The van der Waals surface area contributed by atoms with Gasteiger partial charge in [-0.15, -0.1) is 4.83 Å². The average Bonchev–Trinajstić information content (AvgIpc) is 2.42. The Morgan fingerprint density at radius 2 is 1.65 bits per heavy atom. The smallest absolute Gasteiger partial charge is 0.292 e. The Morgan fingerprint density at radius 1 is 1.05 bits per heavy atom. The van der Waals surface area contributed by atoms with E-state index < -0.39 is 10.2 Å². The van der Waals surface area contributed by atoms with Crippen molar-refractivity contribution in [1.29, 1.82) is 0 Å². The van der Waals surface area contributed by atoms with Crippen molar-refractivity contribution in [3.63, 3.8) is 0 Å². The van der Waals surface area contributed by atoms with Gasteiger partial charge in [0.2, 0.25) is 0 Å². The van der Waals surface area contributed by atoms with E-state index in [1.165, 1.54) is 0 Å². The number of hydrazine groups is 1. The summed E-state index contributed by atoms with van der Waals surface area (Å²) in [4.78, 5) is 4.92. The van der Waals surface area contributed by atoms with E-state index in [9.17, 15) is 8.42 Å². The molecule has 0 atom stereocenters. The largest absolute Gasteiger partial charge is 0.319 e. The molecule has 2 saturated heterocycles. The second-order valence-corrected chi connectivity index (χ2v) is 7.44. The second kappa shape index (κ2) is 7.15. The first kappa shape index (κ1) is 16.1. The van der Waals surface area contributed by atoms with E-state index in [1.54, 1.807) is 4.31 Å². The van der Waals surface area contributed by atoms with Gasteiger partial charge in [0.1, 0.15) is 0 Å². The summed E-state index contributed by atoms with van der Waals surface area (Å²) in [5, 5.41) is 4.98. The van der Waals surface area contributed by atoms with Crippen molar-refractivity contribution in [2.75, 3.05) is 59.9 Å². The lowest BCUT2D eigenvalue weighted by atomic mass is 9.98. The summed E-state index contributed by atoms with van der Waals surface area (Å²) >= 11 is 0. The maximum Gasteiger partial charge on any atom is 0.292 e. The highest BCUT2D eigenvalue weighted by Gasteiger charge is 2.29. The highest BCUT2D eigenvalue weighted by molar-refractivity contribution is 7.87. The van der Waals surface area contributed by atoms with E-state index in [1.807, 2.05) is 12.1 Å². The van der Waals surface area contributed by atoms with Gasteiger partial charge in [0.15, 0.2) is 0 Å². The molecule has 2 rings (SSSR count). The van der Waals surface area contributed by atoms with Crippen LogP contribution in [0, 0.1) is 5.92 Å². The predicted molar refractivity (Wildman–Crippen MR) is 79.3 cm³/mol. The molecule has 0 bridgehead atoms. The Balaban J connectivity index is 1.82. The molecule has 0 radical (unpaired) electrons. The Labute approximate surface area is 122 Å². The summed E-state index contributed by atoms with van der Waals surface area (Å²) in [6.07, 6.45) is 1.87. The van der Waals surface area contributed by atoms with Crippen LogP contribution in [-0.4, -0.2) is 82.5 Å². The standard InChI is InChI=1S/C12H27N5O2S/c1-13-11-12-3-5-17(6-4-12)20(18,19)14-16-9-7-15(2)8-10-16/h12-14H,3-11H2,1-2H3. The summed E-state index contributed by atoms with van der Waals surface area (Å²) in [6, 6.07) is 0. The van der Waals surface area contributed by atoms with Crippen LogP contribution < -0.4 is 10.1 Å². The van der Waals surface area contributed by atoms with Crippen molar-refractivity contribution in [2.45, 2.75) is 12.8 Å². The van der Waals surface area contributed by atoms with Gasteiger partial charge >= 0.3 is 0 Å². The number of piperazine rings is 1. The van der Waals surface area contributed by atoms with Gasteiger partial charge in [-0.25, -0.2) is 5.01 Å². The maximum atomic E-state index is 12.3. The molecular weight excluding hydrogens is 278 g/mol. The molecule has 0 amide bonds. The van der Waals surface area contributed by atoms with Gasteiger partial charge in [0, 0.05) is 39.3 Å². The van der Waals surface area contributed by atoms with Crippen molar-refractivity contribution >= 4 is 10.2 Å². The van der Waals surface area contributed by atoms with Crippen LogP contribution in [0.25, 0.3) is 0 Å². The molecule has 7 nitrogen and oxygen atoms in total. The summed E-state index contributed by atoms with van der Waals surface area (Å²) in [5.41, 5.74) is 0. The third-order valence-corrected chi connectivity index (χ3v) is 5.69. The van der Waals surface area contributed by atoms with Crippen LogP contribution in [0.2, 0.25) is 0 Å². The van der Waals surface area contributed by atoms with Crippen LogP contribution >= 0.6 is 0 Å². The van der Waals surface area contributed by atoms with Gasteiger partial charge in [-0.05, 0) is 39.4 Å². The minimum absolute atomic E-state index is 0.593. The lowest BCUT2D eigenvalue weighted by molar-refractivity contribution is 0.130. The quantitative estimate of drug-likeness (QED) is 0.676. The van der Waals surface area contributed by atoms with E-state index in [0.717, 1.165) is 45.6 Å². The first-order valence-electron chi connectivity index (χ1n) is 7.37. The molecule has 0 aliphatic carbocycles. The van der Waals surface area contributed by atoms with E-state index in [0.29, 0.717) is 19.0 Å². The number of nitrogens with one attached hydrogen (secondary N) is 2. The molecule has 0 saturated carbocycles. The molecule has 2 fully saturated rings. The van der Waals surface area contributed by atoms with Crippen LogP contribution in [-0.2, 0) is 10.2 Å². The second-order valence-electron chi connectivity index (χ2n) is 5.79. The molecule has 2 aliphatic rings. The lowest BCUT2D eigenvalue weighted by Crippen LogP contribution is -2.56. The number of nitrogens with zero attached hydrogens (tertiary/aromatic N) is 3. The van der Waals surface area contributed by atoms with Crippen molar-refractivity contribution in [3.8, 4) is 0 Å². The topological polar surface area (TPSA) is 67.9 Å². The van der Waals surface area contributed by atoms with Gasteiger partial charge in [-0.3, -0.25) is 0 Å². The third kappa shape index (κ3) is 4.37. The molecule has 0 aromatic carbocycles. The fourth-order valence-electron chi connectivity index (χ4n) is 2.76. The molecule has 118 valence electrons. The molecule has 2 aliphatic heterocycles. The lowest BCUT2D eigenvalue weighted by Gasteiger charge is -2.36. The van der Waals surface area contributed by atoms with Gasteiger partial charge in [0.05, 0.1) is 0 Å². The van der Waals surface area contributed by atoms with Crippen LogP contribution in [0.5, 0.6) is 0 Å². The number of rotatable bonds is 5. The Hall–Kier alpha value is -0.250. The Bertz CT molecular complexity index is 387. The van der Waals surface area contributed by atoms with Gasteiger partial charge < -0.3 is 10.2 Å². The third-order valence-electron chi connectivity index (χ3n) is 4.15. The molecule has 2 N–H and O–H groups in total. The van der Waals surface area contributed by atoms with Gasteiger partial charge in [0.25, 0.3) is 10.2 Å². The molecule has 0 aromatic heterocycles. The van der Waals surface area contributed by atoms with Gasteiger partial charge in [-0.2, -0.15) is 12.7 Å². The van der Waals surface area contributed by atoms with E-state index in [2.05, 4.69) is 22.1 Å². The molecule has 0 aromatic rings. The maximum absolute atomic E-state index is 12.3. The first-order valence-corrected chi connectivity index (χ1v) is 8.81. The van der Waals surface area contributed by atoms with E-state index in [-0.39, 0.29) is 0 Å². The van der Waals surface area contributed by atoms with Crippen LogP contribution in [0.4, 0.5) is 0 Å². The zero-order valence-corrected chi connectivity index (χ0v) is 13.3. The summed E-state index contributed by atoms with van der Waals surface area (Å²) in [5.74, 6) is 0.593. The summed E-state index contributed by atoms with van der Waals surface area (Å²) < 4.78 is 26.3. The van der Waals surface area contributed by atoms with E-state index in [4.69, 9.17) is 0 Å². The average molecular weight is 305 g/mol. The Kier molecular flexibility index (Phi) is 5.76. The SMILES string of the molecule is CNCC1CCN(S(=O)(=O)NN2CCN(C)CC2)CC1. The zero-order chi connectivity index (χ0) is 14.6. The van der Waals surface area contributed by atoms with Crippen molar-refractivity contribution in [3.05, 3.63) is 0 Å². The first-order chi connectivity index (χ1) is 9.51. The number of hydrogen-bond acceptors (Lipinski definition) is 5. The summed E-state index contributed by atoms with van der Waals surface area (Å²) in [6.45, 7) is 5.49. The molecule has 0 unspecified atom stereocenters. The number of hydrogen-bond donors (Lipinski definition) is 2. The van der Waals surface area contributed by atoms with Crippen LogP contribution in [0.3, 0.4) is 0 Å². The normalized spacial score (nSPS) is 25.1.